The Labute approximate surface area is 103 Å². The highest BCUT2D eigenvalue weighted by Crippen LogP contribution is 2.36. The van der Waals surface area contributed by atoms with E-state index in [0.717, 1.165) is 0 Å². The van der Waals surface area contributed by atoms with Gasteiger partial charge in [-0.05, 0) is 53.7 Å². The fourth-order valence-corrected chi connectivity index (χ4v) is 2.09. The van der Waals surface area contributed by atoms with E-state index < -0.39 is 6.10 Å². The summed E-state index contributed by atoms with van der Waals surface area (Å²) >= 11 is 3.26. The first-order valence-corrected chi connectivity index (χ1v) is 6.17. The average Bonchev–Trinajstić information content (AvgIpc) is 2.98. The second-order valence-electron chi connectivity index (χ2n) is 4.24. The number of ether oxygens (including phenoxy) is 1. The largest absolute Gasteiger partial charge is 0.492 e. The molecular formula is C12H14BrFO2. The lowest BCUT2D eigenvalue weighted by Crippen LogP contribution is -2.05. The van der Waals surface area contributed by atoms with Crippen LogP contribution in [0.3, 0.4) is 0 Å². The molecule has 0 heterocycles. The molecule has 88 valence electrons. The van der Waals surface area contributed by atoms with Gasteiger partial charge in [0.2, 0.25) is 0 Å². The summed E-state index contributed by atoms with van der Waals surface area (Å²) in [6, 6.07) is 2.67. The summed E-state index contributed by atoms with van der Waals surface area (Å²) in [6.07, 6.45) is 1.66. The maximum Gasteiger partial charge on any atom is 0.139 e. The molecule has 0 radical (unpaired) electrons. The van der Waals surface area contributed by atoms with Gasteiger partial charge in [0, 0.05) is 5.56 Å². The van der Waals surface area contributed by atoms with Crippen molar-refractivity contribution in [3.05, 3.63) is 28.0 Å². The molecule has 0 saturated heterocycles. The summed E-state index contributed by atoms with van der Waals surface area (Å²) in [4.78, 5) is 0. The van der Waals surface area contributed by atoms with Gasteiger partial charge in [-0.3, -0.25) is 0 Å². The van der Waals surface area contributed by atoms with E-state index in [1.165, 1.54) is 25.0 Å². The van der Waals surface area contributed by atoms with Gasteiger partial charge in [-0.15, -0.1) is 0 Å². The second-order valence-corrected chi connectivity index (χ2v) is 5.09. The molecule has 0 bridgehead atoms. The number of hydrogen-bond donors (Lipinski definition) is 1. The third-order valence-electron chi connectivity index (χ3n) is 2.65. The lowest BCUT2D eigenvalue weighted by Gasteiger charge is -2.15. The molecule has 2 nitrogen and oxygen atoms in total. The summed E-state index contributed by atoms with van der Waals surface area (Å²) in [5.74, 6) is 0.809. The fourth-order valence-electron chi connectivity index (χ4n) is 1.53. The maximum absolute atomic E-state index is 13.2. The van der Waals surface area contributed by atoms with Crippen molar-refractivity contribution in [3.8, 4) is 5.75 Å². The molecule has 4 heteroatoms. The minimum absolute atomic E-state index is 0.374. The van der Waals surface area contributed by atoms with Crippen molar-refractivity contribution < 1.29 is 14.2 Å². The summed E-state index contributed by atoms with van der Waals surface area (Å²) in [5, 5.41) is 9.57. The minimum Gasteiger partial charge on any atom is -0.492 e. The third kappa shape index (κ3) is 2.74. The molecule has 1 unspecified atom stereocenters. The van der Waals surface area contributed by atoms with Crippen LogP contribution in [0.5, 0.6) is 5.75 Å². The highest BCUT2D eigenvalue weighted by atomic mass is 79.9. The molecule has 1 aliphatic carbocycles. The summed E-state index contributed by atoms with van der Waals surface area (Å²) in [6.45, 7) is 2.25. The zero-order valence-electron chi connectivity index (χ0n) is 9.04. The third-order valence-corrected chi connectivity index (χ3v) is 3.24. The molecule has 1 aromatic carbocycles. The first-order valence-electron chi connectivity index (χ1n) is 5.37. The van der Waals surface area contributed by atoms with E-state index in [1.807, 2.05) is 0 Å². The molecule has 1 fully saturated rings. The van der Waals surface area contributed by atoms with Crippen molar-refractivity contribution in [1.82, 2.24) is 0 Å². The maximum atomic E-state index is 13.2. The molecule has 16 heavy (non-hydrogen) atoms. The lowest BCUT2D eigenvalue weighted by atomic mass is 10.1. The first kappa shape index (κ1) is 11.9. The predicted molar refractivity (Wildman–Crippen MR) is 63.0 cm³/mol. The molecule has 0 amide bonds. The van der Waals surface area contributed by atoms with Crippen LogP contribution in [0.1, 0.15) is 31.4 Å². The summed E-state index contributed by atoms with van der Waals surface area (Å²) in [5.41, 5.74) is 0.493. The van der Waals surface area contributed by atoms with Crippen LogP contribution in [0.2, 0.25) is 0 Å². The number of rotatable bonds is 4. The van der Waals surface area contributed by atoms with Gasteiger partial charge in [-0.1, -0.05) is 0 Å². The normalized spacial score (nSPS) is 17.2. The molecule has 1 aromatic rings. The monoisotopic (exact) mass is 288 g/mol. The van der Waals surface area contributed by atoms with E-state index in [1.54, 1.807) is 6.92 Å². The van der Waals surface area contributed by atoms with Gasteiger partial charge in [-0.25, -0.2) is 4.39 Å². The van der Waals surface area contributed by atoms with Crippen LogP contribution in [-0.4, -0.2) is 11.7 Å². The molecule has 0 aliphatic heterocycles. The quantitative estimate of drug-likeness (QED) is 0.920. The van der Waals surface area contributed by atoms with Gasteiger partial charge in [-0.2, -0.15) is 0 Å². The SMILES string of the molecule is CC(O)c1cc(F)cc(Br)c1OCC1CC1. The van der Waals surface area contributed by atoms with Crippen LogP contribution in [0.25, 0.3) is 0 Å². The van der Waals surface area contributed by atoms with E-state index in [0.29, 0.717) is 28.3 Å². The first-order chi connectivity index (χ1) is 7.58. The van der Waals surface area contributed by atoms with E-state index >= 15 is 0 Å². The number of aliphatic hydroxyl groups is 1. The Kier molecular flexibility index (Phi) is 3.50. The minimum atomic E-state index is -0.735. The lowest BCUT2D eigenvalue weighted by molar-refractivity contribution is 0.189. The molecule has 1 saturated carbocycles. The van der Waals surface area contributed by atoms with Gasteiger partial charge < -0.3 is 9.84 Å². The van der Waals surface area contributed by atoms with Crippen LogP contribution < -0.4 is 4.74 Å². The van der Waals surface area contributed by atoms with Gasteiger partial charge in [0.15, 0.2) is 0 Å². The molecule has 0 spiro atoms. The molecule has 1 aliphatic rings. The van der Waals surface area contributed by atoms with E-state index in [2.05, 4.69) is 15.9 Å². The highest BCUT2D eigenvalue weighted by molar-refractivity contribution is 9.10. The zero-order chi connectivity index (χ0) is 11.7. The van der Waals surface area contributed by atoms with Crippen LogP contribution in [0.15, 0.2) is 16.6 Å². The molecule has 2 rings (SSSR count). The van der Waals surface area contributed by atoms with Gasteiger partial charge >= 0.3 is 0 Å². The van der Waals surface area contributed by atoms with Crippen molar-refractivity contribution in [2.24, 2.45) is 5.92 Å². The van der Waals surface area contributed by atoms with E-state index in [4.69, 9.17) is 4.74 Å². The Morgan fingerprint density at radius 2 is 2.25 bits per heavy atom. The molecule has 0 aromatic heterocycles. The van der Waals surface area contributed by atoms with E-state index in [9.17, 15) is 9.50 Å². The topological polar surface area (TPSA) is 29.5 Å². The number of aliphatic hydroxyl groups excluding tert-OH is 1. The number of hydrogen-bond acceptors (Lipinski definition) is 2. The predicted octanol–water partition coefficient (Wildman–Crippen LogP) is 3.43. The van der Waals surface area contributed by atoms with Crippen molar-refractivity contribution >= 4 is 15.9 Å². The molecular weight excluding hydrogens is 275 g/mol. The van der Waals surface area contributed by atoms with Crippen molar-refractivity contribution in [2.75, 3.05) is 6.61 Å². The smallest absolute Gasteiger partial charge is 0.139 e. The Hall–Kier alpha value is -0.610. The van der Waals surface area contributed by atoms with Crippen LogP contribution in [0, 0.1) is 11.7 Å². The Bertz CT molecular complexity index is 389. The van der Waals surface area contributed by atoms with Crippen LogP contribution in [-0.2, 0) is 0 Å². The van der Waals surface area contributed by atoms with Crippen molar-refractivity contribution in [2.45, 2.75) is 25.9 Å². The Balaban J connectivity index is 2.24. The fraction of sp³-hybridized carbons (Fsp3) is 0.500. The summed E-state index contributed by atoms with van der Waals surface area (Å²) in [7, 11) is 0. The Morgan fingerprint density at radius 1 is 1.56 bits per heavy atom. The number of benzene rings is 1. The van der Waals surface area contributed by atoms with Crippen LogP contribution in [0.4, 0.5) is 4.39 Å². The van der Waals surface area contributed by atoms with E-state index in [-0.39, 0.29) is 5.82 Å². The zero-order valence-corrected chi connectivity index (χ0v) is 10.6. The Morgan fingerprint density at radius 3 is 2.81 bits per heavy atom. The van der Waals surface area contributed by atoms with Crippen LogP contribution >= 0.6 is 15.9 Å². The average molecular weight is 289 g/mol. The standard InChI is InChI=1S/C12H14BrFO2/c1-7(15)10-4-9(14)5-11(13)12(10)16-6-8-2-3-8/h4-5,7-8,15H,2-3,6H2,1H3. The molecule has 1 atom stereocenters. The van der Waals surface area contributed by atoms with Crippen molar-refractivity contribution in [3.63, 3.8) is 0 Å². The van der Waals surface area contributed by atoms with Crippen molar-refractivity contribution in [1.29, 1.82) is 0 Å². The summed E-state index contributed by atoms with van der Waals surface area (Å²) < 4.78 is 19.4. The van der Waals surface area contributed by atoms with Gasteiger partial charge in [0.1, 0.15) is 11.6 Å². The highest BCUT2D eigenvalue weighted by Gasteiger charge is 2.23. The van der Waals surface area contributed by atoms with Gasteiger partial charge in [0.05, 0.1) is 17.2 Å². The second kappa shape index (κ2) is 4.72. The number of halogens is 2. The molecule has 1 N–H and O–H groups in total. The van der Waals surface area contributed by atoms with Gasteiger partial charge in [0.25, 0.3) is 0 Å².